The van der Waals surface area contributed by atoms with Gasteiger partial charge < -0.3 is 9.88 Å². The molecule has 1 N–H and O–H groups in total. The van der Waals surface area contributed by atoms with E-state index in [0.29, 0.717) is 17.0 Å². The van der Waals surface area contributed by atoms with Crippen molar-refractivity contribution in [1.29, 1.82) is 0 Å². The van der Waals surface area contributed by atoms with Crippen molar-refractivity contribution in [1.82, 2.24) is 14.9 Å². The maximum atomic E-state index is 14.1. The Kier molecular flexibility index (Phi) is 5.45. The summed E-state index contributed by atoms with van der Waals surface area (Å²) < 4.78 is 15.9. The summed E-state index contributed by atoms with van der Waals surface area (Å²) in [5, 5.41) is 2.77. The molecule has 3 rings (SSSR count). The maximum Gasteiger partial charge on any atom is 0.257 e. The predicted molar refractivity (Wildman–Crippen MR) is 101 cm³/mol. The van der Waals surface area contributed by atoms with Crippen LogP contribution in [0.2, 0.25) is 0 Å². The summed E-state index contributed by atoms with van der Waals surface area (Å²) >= 11 is 0. The lowest BCUT2D eigenvalue weighted by atomic mass is 10.0. The van der Waals surface area contributed by atoms with Gasteiger partial charge in [-0.25, -0.2) is 4.39 Å². The summed E-state index contributed by atoms with van der Waals surface area (Å²) in [4.78, 5) is 29.3. The van der Waals surface area contributed by atoms with Gasteiger partial charge in [0.25, 0.3) is 5.91 Å². The van der Waals surface area contributed by atoms with Crippen LogP contribution < -0.4 is 10.7 Å². The van der Waals surface area contributed by atoms with E-state index in [2.05, 4.69) is 10.3 Å². The third-order valence-corrected chi connectivity index (χ3v) is 4.55. The zero-order valence-electron chi connectivity index (χ0n) is 15.2. The molecule has 0 unspecified atom stereocenters. The number of rotatable bonds is 5. The minimum atomic E-state index is -0.473. The summed E-state index contributed by atoms with van der Waals surface area (Å²) in [7, 11) is 1.77. The quantitative estimate of drug-likeness (QED) is 0.756. The third kappa shape index (κ3) is 4.11. The Hall–Kier alpha value is -3.28. The Morgan fingerprint density at radius 1 is 1.19 bits per heavy atom. The average molecular weight is 365 g/mol. The van der Waals surface area contributed by atoms with Crippen molar-refractivity contribution in [2.24, 2.45) is 7.05 Å². The van der Waals surface area contributed by atoms with Crippen LogP contribution in [-0.2, 0) is 20.0 Å². The summed E-state index contributed by atoms with van der Waals surface area (Å²) in [6.07, 6.45) is 3.42. The van der Waals surface area contributed by atoms with Crippen LogP contribution in [0, 0.1) is 12.7 Å². The van der Waals surface area contributed by atoms with E-state index < -0.39 is 5.91 Å². The molecule has 0 saturated carbocycles. The minimum absolute atomic E-state index is 0.0420. The van der Waals surface area contributed by atoms with Crippen LogP contribution >= 0.6 is 0 Å². The lowest BCUT2D eigenvalue weighted by Crippen LogP contribution is -2.32. The van der Waals surface area contributed by atoms with Crippen molar-refractivity contribution in [2.45, 2.75) is 19.9 Å². The van der Waals surface area contributed by atoms with Gasteiger partial charge in [-0.3, -0.25) is 14.6 Å². The topological polar surface area (TPSA) is 64.0 Å². The molecule has 2 aromatic heterocycles. The summed E-state index contributed by atoms with van der Waals surface area (Å²) in [6, 6.07) is 11.4. The molecular formula is C21H20FN3O2. The van der Waals surface area contributed by atoms with Crippen molar-refractivity contribution >= 4 is 5.91 Å². The molecule has 2 heterocycles. The molecule has 0 aliphatic heterocycles. The second kappa shape index (κ2) is 7.95. The van der Waals surface area contributed by atoms with Crippen molar-refractivity contribution in [3.05, 3.63) is 99.0 Å². The molecule has 3 aromatic rings. The summed E-state index contributed by atoms with van der Waals surface area (Å²) in [5.41, 5.74) is 2.16. The van der Waals surface area contributed by atoms with Crippen LogP contribution in [0.3, 0.4) is 0 Å². The van der Waals surface area contributed by atoms with Gasteiger partial charge in [-0.05, 0) is 36.2 Å². The predicted octanol–water partition coefficient (Wildman–Crippen LogP) is 2.75. The standard InChI is InChI=1S/C21H20FN3O2/c1-14-11-19(26)20(21(27)24-13-15-7-9-23-10-8-15)18(25(14)2)12-16-5-3-4-6-17(16)22/h3-11H,12-13H2,1-2H3,(H,24,27). The van der Waals surface area contributed by atoms with E-state index in [9.17, 15) is 14.0 Å². The van der Waals surface area contributed by atoms with Gasteiger partial charge in [0.1, 0.15) is 11.4 Å². The highest BCUT2D eigenvalue weighted by atomic mass is 19.1. The first-order valence-corrected chi connectivity index (χ1v) is 8.57. The number of carbonyl (C=O) groups excluding carboxylic acids is 1. The Labute approximate surface area is 156 Å². The number of halogens is 1. The number of nitrogens with one attached hydrogen (secondary N) is 1. The lowest BCUT2D eigenvalue weighted by Gasteiger charge is -2.17. The van der Waals surface area contributed by atoms with Crippen LogP contribution in [0.4, 0.5) is 4.39 Å². The smallest absolute Gasteiger partial charge is 0.257 e. The number of aromatic nitrogens is 2. The molecule has 0 bridgehead atoms. The number of pyridine rings is 2. The highest BCUT2D eigenvalue weighted by molar-refractivity contribution is 5.95. The molecule has 0 atom stereocenters. The van der Waals surface area contributed by atoms with Gasteiger partial charge >= 0.3 is 0 Å². The van der Waals surface area contributed by atoms with Crippen molar-refractivity contribution in [3.63, 3.8) is 0 Å². The fourth-order valence-electron chi connectivity index (χ4n) is 2.92. The number of amides is 1. The lowest BCUT2D eigenvalue weighted by molar-refractivity contribution is 0.0948. The molecule has 1 amide bonds. The van der Waals surface area contributed by atoms with Crippen molar-refractivity contribution < 1.29 is 9.18 Å². The SMILES string of the molecule is Cc1cc(=O)c(C(=O)NCc2ccncc2)c(Cc2ccccc2F)n1C. The normalized spacial score (nSPS) is 10.6. The zero-order valence-corrected chi connectivity index (χ0v) is 15.2. The second-order valence-corrected chi connectivity index (χ2v) is 6.34. The molecule has 138 valence electrons. The first-order valence-electron chi connectivity index (χ1n) is 8.57. The molecule has 0 saturated heterocycles. The molecule has 0 radical (unpaired) electrons. The molecule has 0 fully saturated rings. The summed E-state index contributed by atoms with van der Waals surface area (Å²) in [6.45, 7) is 2.06. The van der Waals surface area contributed by atoms with Gasteiger partial charge in [-0.15, -0.1) is 0 Å². The Bertz CT molecular complexity index is 1030. The molecule has 27 heavy (non-hydrogen) atoms. The first kappa shape index (κ1) is 18.5. The van der Waals surface area contributed by atoms with Crippen LogP contribution in [0.1, 0.15) is 32.9 Å². The van der Waals surface area contributed by atoms with E-state index in [-0.39, 0.29) is 29.8 Å². The van der Waals surface area contributed by atoms with Crippen LogP contribution in [0.25, 0.3) is 0 Å². The number of benzene rings is 1. The third-order valence-electron chi connectivity index (χ3n) is 4.55. The number of hydrogen-bond donors (Lipinski definition) is 1. The van der Waals surface area contributed by atoms with E-state index in [1.165, 1.54) is 12.1 Å². The highest BCUT2D eigenvalue weighted by Crippen LogP contribution is 2.16. The average Bonchev–Trinajstić information content (AvgIpc) is 2.66. The van der Waals surface area contributed by atoms with E-state index >= 15 is 0 Å². The molecule has 0 aliphatic carbocycles. The van der Waals surface area contributed by atoms with Gasteiger partial charge in [0.2, 0.25) is 0 Å². The Morgan fingerprint density at radius 3 is 2.59 bits per heavy atom. The zero-order chi connectivity index (χ0) is 19.4. The van der Waals surface area contributed by atoms with E-state index in [0.717, 1.165) is 5.56 Å². The van der Waals surface area contributed by atoms with Crippen LogP contribution in [-0.4, -0.2) is 15.5 Å². The molecule has 0 spiro atoms. The van der Waals surface area contributed by atoms with Gasteiger partial charge in [-0.2, -0.15) is 0 Å². The van der Waals surface area contributed by atoms with Gasteiger partial charge in [0.05, 0.1) is 0 Å². The van der Waals surface area contributed by atoms with Gasteiger partial charge in [-0.1, -0.05) is 18.2 Å². The number of aryl methyl sites for hydroxylation is 1. The highest BCUT2D eigenvalue weighted by Gasteiger charge is 2.20. The first-order chi connectivity index (χ1) is 13.0. The molecule has 5 nitrogen and oxygen atoms in total. The minimum Gasteiger partial charge on any atom is -0.351 e. The molecule has 1 aromatic carbocycles. The number of hydrogen-bond acceptors (Lipinski definition) is 3. The second-order valence-electron chi connectivity index (χ2n) is 6.34. The fraction of sp³-hybridized carbons (Fsp3) is 0.190. The molecule has 6 heteroatoms. The van der Waals surface area contributed by atoms with Crippen LogP contribution in [0.15, 0.2) is 59.7 Å². The molecular weight excluding hydrogens is 345 g/mol. The maximum absolute atomic E-state index is 14.1. The Balaban J connectivity index is 1.96. The number of nitrogens with zero attached hydrogens (tertiary/aromatic N) is 2. The largest absolute Gasteiger partial charge is 0.351 e. The molecule has 0 aliphatic rings. The van der Waals surface area contributed by atoms with Gasteiger partial charge in [0.15, 0.2) is 5.43 Å². The van der Waals surface area contributed by atoms with E-state index in [4.69, 9.17) is 0 Å². The van der Waals surface area contributed by atoms with Gasteiger partial charge in [0, 0.05) is 49.9 Å². The van der Waals surface area contributed by atoms with Crippen molar-refractivity contribution in [2.75, 3.05) is 0 Å². The summed E-state index contributed by atoms with van der Waals surface area (Å²) in [5.74, 6) is -0.839. The number of carbonyl (C=O) groups is 1. The Morgan fingerprint density at radius 2 is 1.89 bits per heavy atom. The van der Waals surface area contributed by atoms with E-state index in [1.54, 1.807) is 61.3 Å². The fourth-order valence-corrected chi connectivity index (χ4v) is 2.92. The monoisotopic (exact) mass is 365 g/mol. The van der Waals surface area contributed by atoms with Crippen LogP contribution in [0.5, 0.6) is 0 Å². The van der Waals surface area contributed by atoms with Crippen molar-refractivity contribution in [3.8, 4) is 0 Å². The van der Waals surface area contributed by atoms with E-state index in [1.807, 2.05) is 0 Å².